The summed E-state index contributed by atoms with van der Waals surface area (Å²) in [6, 6.07) is 24.1. The molecule has 1 saturated carbocycles. The van der Waals surface area contributed by atoms with Gasteiger partial charge in [-0.25, -0.2) is 4.98 Å². The number of pyridine rings is 1. The Morgan fingerprint density at radius 2 is 1.78 bits per heavy atom. The lowest BCUT2D eigenvalue weighted by atomic mass is 9.86. The van der Waals surface area contributed by atoms with E-state index in [1.807, 2.05) is 66.7 Å². The fourth-order valence-electron chi connectivity index (χ4n) is 4.36. The Bertz CT molecular complexity index is 1150. The monoisotopic (exact) mass is 462 g/mol. The lowest BCUT2D eigenvalue weighted by Gasteiger charge is -2.38. The van der Waals surface area contributed by atoms with Crippen LogP contribution in [0.2, 0.25) is 0 Å². The third-order valence-corrected chi connectivity index (χ3v) is 8.73. The van der Waals surface area contributed by atoms with Gasteiger partial charge in [-0.2, -0.15) is 5.26 Å². The molecule has 4 nitrogen and oxygen atoms in total. The molecule has 164 valence electrons. The van der Waals surface area contributed by atoms with Crippen molar-refractivity contribution in [3.63, 3.8) is 0 Å². The van der Waals surface area contributed by atoms with E-state index in [0.29, 0.717) is 22.8 Å². The Kier molecular flexibility index (Phi) is 7.10. The number of aliphatic hydroxyl groups is 1. The largest absolute Gasteiger partial charge is 0.388 e. The van der Waals surface area contributed by atoms with Crippen LogP contribution in [0.1, 0.15) is 31.2 Å². The first-order valence-corrected chi connectivity index (χ1v) is 13.4. The van der Waals surface area contributed by atoms with Gasteiger partial charge in [-0.15, -0.1) is 11.8 Å². The van der Waals surface area contributed by atoms with Gasteiger partial charge in [0.05, 0.1) is 22.1 Å². The molecule has 1 aromatic heterocycles. The third-order valence-electron chi connectivity index (χ3n) is 6.04. The summed E-state index contributed by atoms with van der Waals surface area (Å²) in [5.74, 6) is 0.366. The van der Waals surface area contributed by atoms with Crippen LogP contribution in [0.5, 0.6) is 0 Å². The number of aromatic nitrogens is 1. The molecule has 32 heavy (non-hydrogen) atoms. The van der Waals surface area contributed by atoms with Crippen molar-refractivity contribution in [2.45, 2.75) is 41.6 Å². The molecule has 3 atom stereocenters. The lowest BCUT2D eigenvalue weighted by molar-refractivity contribution is 0.0326. The number of thioether (sulfide) groups is 1. The summed E-state index contributed by atoms with van der Waals surface area (Å²) in [6.45, 7) is 0. The van der Waals surface area contributed by atoms with Gasteiger partial charge in [-0.1, -0.05) is 73.5 Å². The molecule has 2 aromatic carbocycles. The summed E-state index contributed by atoms with van der Waals surface area (Å²) in [5.41, 5.74) is 3.03. The highest BCUT2D eigenvalue weighted by molar-refractivity contribution is 7.99. The predicted molar refractivity (Wildman–Crippen MR) is 132 cm³/mol. The molecular formula is C26H26N2O2S2. The number of hydrogen-bond acceptors (Lipinski definition) is 5. The summed E-state index contributed by atoms with van der Waals surface area (Å²) >= 11 is 1.40. The first-order valence-electron chi connectivity index (χ1n) is 10.8. The maximum atomic E-state index is 12.3. The van der Waals surface area contributed by atoms with E-state index in [4.69, 9.17) is 4.98 Å². The quantitative estimate of drug-likeness (QED) is 0.494. The van der Waals surface area contributed by atoms with E-state index >= 15 is 0 Å². The smallest absolute Gasteiger partial charge is 0.115 e. The van der Waals surface area contributed by atoms with E-state index in [0.717, 1.165) is 41.6 Å². The topological polar surface area (TPSA) is 74.0 Å². The third kappa shape index (κ3) is 4.80. The molecule has 0 aliphatic heterocycles. The normalized spacial score (nSPS) is 21.6. The number of nitrogens with zero attached hydrogens (tertiary/aromatic N) is 2. The van der Waals surface area contributed by atoms with E-state index in [2.05, 4.69) is 6.07 Å². The highest BCUT2D eigenvalue weighted by atomic mass is 32.2. The molecule has 0 bridgehead atoms. The van der Waals surface area contributed by atoms with Crippen molar-refractivity contribution < 1.29 is 9.32 Å². The van der Waals surface area contributed by atoms with Gasteiger partial charge in [0, 0.05) is 33.9 Å². The molecule has 3 aromatic rings. The van der Waals surface area contributed by atoms with Crippen molar-refractivity contribution in [1.82, 2.24) is 4.98 Å². The zero-order valence-electron chi connectivity index (χ0n) is 18.0. The molecule has 1 N–H and O–H groups in total. The van der Waals surface area contributed by atoms with Gasteiger partial charge in [0.1, 0.15) is 11.1 Å². The van der Waals surface area contributed by atoms with E-state index in [1.165, 1.54) is 11.8 Å². The molecule has 0 saturated heterocycles. The van der Waals surface area contributed by atoms with Crippen LogP contribution in [0.15, 0.2) is 71.8 Å². The zero-order valence-corrected chi connectivity index (χ0v) is 19.7. The standard InChI is InChI=1S/C26H26N2O2S2/c1-32(30)24-14-8-9-15-26(24,29)18-31-25-22(17-27)21(19-10-4-2-5-11-19)16-23(28-25)20-12-6-3-7-13-20/h2-7,10-13,16,24,29H,8-9,14-15,18H2,1H3. The van der Waals surface area contributed by atoms with Gasteiger partial charge in [0.25, 0.3) is 0 Å². The Labute approximate surface area is 196 Å². The van der Waals surface area contributed by atoms with Crippen molar-refractivity contribution in [3.05, 3.63) is 72.3 Å². The van der Waals surface area contributed by atoms with Crippen LogP contribution in [0, 0.1) is 11.3 Å². The van der Waals surface area contributed by atoms with Crippen LogP contribution in [0.3, 0.4) is 0 Å². The molecule has 1 heterocycles. The number of hydrogen-bond donors (Lipinski definition) is 1. The first kappa shape index (κ1) is 22.7. The van der Waals surface area contributed by atoms with Gasteiger partial charge in [0.15, 0.2) is 0 Å². The molecule has 3 unspecified atom stereocenters. The van der Waals surface area contributed by atoms with Crippen LogP contribution >= 0.6 is 11.8 Å². The van der Waals surface area contributed by atoms with Gasteiger partial charge in [-0.3, -0.25) is 4.21 Å². The molecular weight excluding hydrogens is 436 g/mol. The summed E-state index contributed by atoms with van der Waals surface area (Å²) < 4.78 is 12.3. The van der Waals surface area contributed by atoms with Crippen molar-refractivity contribution in [1.29, 1.82) is 5.26 Å². The second kappa shape index (κ2) is 9.99. The summed E-state index contributed by atoms with van der Waals surface area (Å²) in [6.07, 6.45) is 4.96. The summed E-state index contributed by atoms with van der Waals surface area (Å²) in [4.78, 5) is 4.84. The van der Waals surface area contributed by atoms with Crippen LogP contribution in [-0.2, 0) is 10.8 Å². The molecule has 1 aliphatic carbocycles. The maximum absolute atomic E-state index is 12.3. The van der Waals surface area contributed by atoms with Crippen molar-refractivity contribution in [2.75, 3.05) is 12.0 Å². The second-order valence-electron chi connectivity index (χ2n) is 8.20. The van der Waals surface area contributed by atoms with Crippen molar-refractivity contribution in [2.24, 2.45) is 0 Å². The minimum absolute atomic E-state index is 0.250. The van der Waals surface area contributed by atoms with Gasteiger partial charge in [0.2, 0.25) is 0 Å². The van der Waals surface area contributed by atoms with Crippen LogP contribution in [0.25, 0.3) is 22.4 Å². The highest BCUT2D eigenvalue weighted by Gasteiger charge is 2.41. The Balaban J connectivity index is 1.77. The zero-order chi connectivity index (χ0) is 22.6. The van der Waals surface area contributed by atoms with Crippen molar-refractivity contribution >= 4 is 22.6 Å². The fourth-order valence-corrected chi connectivity index (χ4v) is 6.98. The fraction of sp³-hybridized carbons (Fsp3) is 0.308. The van der Waals surface area contributed by atoms with E-state index in [9.17, 15) is 14.6 Å². The second-order valence-corrected chi connectivity index (χ2v) is 10.7. The molecule has 6 heteroatoms. The van der Waals surface area contributed by atoms with Crippen molar-refractivity contribution in [3.8, 4) is 28.5 Å². The van der Waals surface area contributed by atoms with Gasteiger partial charge >= 0.3 is 0 Å². The van der Waals surface area contributed by atoms with Gasteiger partial charge < -0.3 is 5.11 Å². The van der Waals surface area contributed by atoms with Gasteiger partial charge in [-0.05, 0) is 24.5 Å². The molecule has 0 amide bonds. The van der Waals surface area contributed by atoms with E-state index in [-0.39, 0.29) is 5.25 Å². The average molecular weight is 463 g/mol. The minimum Gasteiger partial charge on any atom is -0.388 e. The number of benzene rings is 2. The molecule has 4 rings (SSSR count). The van der Waals surface area contributed by atoms with E-state index < -0.39 is 16.4 Å². The SMILES string of the molecule is CS(=O)C1CCCCC1(O)CSc1nc(-c2ccccc2)cc(-c2ccccc2)c1C#N. The molecule has 0 spiro atoms. The minimum atomic E-state index is -1.10. The average Bonchev–Trinajstić information content (AvgIpc) is 2.83. The van der Waals surface area contributed by atoms with Crippen LogP contribution in [0.4, 0.5) is 0 Å². The Hall–Kier alpha value is -2.46. The highest BCUT2D eigenvalue weighted by Crippen LogP contribution is 2.39. The first-order chi connectivity index (χ1) is 15.5. The van der Waals surface area contributed by atoms with E-state index in [1.54, 1.807) is 6.26 Å². The number of rotatable bonds is 6. The molecule has 1 aliphatic rings. The Morgan fingerprint density at radius 3 is 2.41 bits per heavy atom. The van der Waals surface area contributed by atoms with Crippen LogP contribution < -0.4 is 0 Å². The Morgan fingerprint density at radius 1 is 1.12 bits per heavy atom. The number of nitriles is 1. The predicted octanol–water partition coefficient (Wildman–Crippen LogP) is 5.43. The molecule has 1 fully saturated rings. The van der Waals surface area contributed by atoms with Crippen LogP contribution in [-0.4, -0.2) is 37.2 Å². The lowest BCUT2D eigenvalue weighted by Crippen LogP contribution is -2.49. The summed E-state index contributed by atoms with van der Waals surface area (Å²) in [7, 11) is -1.10. The molecule has 0 radical (unpaired) electrons. The summed E-state index contributed by atoms with van der Waals surface area (Å²) in [5, 5.41) is 21.8. The maximum Gasteiger partial charge on any atom is 0.115 e.